The molecular weight excluding hydrogens is 446 g/mol. The van der Waals surface area contributed by atoms with Crippen LogP contribution in [0.2, 0.25) is 0 Å². The zero-order chi connectivity index (χ0) is 24.7. The van der Waals surface area contributed by atoms with Crippen LogP contribution in [0.3, 0.4) is 0 Å². The van der Waals surface area contributed by atoms with Crippen molar-refractivity contribution in [1.29, 1.82) is 0 Å². The Morgan fingerprint density at radius 1 is 1.09 bits per heavy atom. The Bertz CT molecular complexity index is 1250. The topological polar surface area (TPSA) is 105 Å². The minimum atomic E-state index is -0.519. The predicted octanol–water partition coefficient (Wildman–Crippen LogP) is 3.52. The van der Waals surface area contributed by atoms with Crippen molar-refractivity contribution in [3.8, 4) is 0 Å². The maximum Gasteiger partial charge on any atom is 0.410 e. The highest BCUT2D eigenvalue weighted by Crippen LogP contribution is 2.32. The Balaban J connectivity index is 1.25. The molecule has 1 N–H and O–H groups in total. The number of fused-ring (bicyclic) bond motifs is 3. The van der Waals surface area contributed by atoms with Gasteiger partial charge in [-0.05, 0) is 70.7 Å². The summed E-state index contributed by atoms with van der Waals surface area (Å²) in [5.41, 5.74) is 2.10. The van der Waals surface area contributed by atoms with E-state index in [1.807, 2.05) is 67.6 Å². The standard InChI is InChI=1S/C25H31N7O3/c1-16-12-31-14-18(5-7-21(31)26-16)27-23(33)20-6-8-22(29-28-20)30-10-9-17-11-19(15-30)32(13-17)24(34)35-25(2,3)4/h5-8,12,14,17,19H,9-11,13,15H2,1-4H3,(H,27,33). The Morgan fingerprint density at radius 2 is 1.91 bits per heavy atom. The zero-order valence-corrected chi connectivity index (χ0v) is 20.6. The molecule has 10 heteroatoms. The number of imidazole rings is 1. The lowest BCUT2D eigenvalue weighted by Gasteiger charge is -2.33. The quantitative estimate of drug-likeness (QED) is 0.615. The summed E-state index contributed by atoms with van der Waals surface area (Å²) in [5, 5.41) is 11.4. The first kappa shape index (κ1) is 23.1. The van der Waals surface area contributed by atoms with Crippen molar-refractivity contribution in [1.82, 2.24) is 24.5 Å². The van der Waals surface area contributed by atoms with Crippen LogP contribution in [0.1, 0.15) is 49.8 Å². The number of rotatable bonds is 3. The van der Waals surface area contributed by atoms with Crippen molar-refractivity contribution in [2.75, 3.05) is 29.9 Å². The van der Waals surface area contributed by atoms with E-state index < -0.39 is 5.60 Å². The summed E-state index contributed by atoms with van der Waals surface area (Å²) in [6.07, 6.45) is 5.39. The van der Waals surface area contributed by atoms with Crippen molar-refractivity contribution in [2.45, 2.75) is 52.2 Å². The fraction of sp³-hybridized carbons (Fsp3) is 0.480. The molecule has 0 radical (unpaired) electrons. The second-order valence-electron chi connectivity index (χ2n) is 10.4. The Labute approximate surface area is 204 Å². The number of anilines is 2. The van der Waals surface area contributed by atoms with Gasteiger partial charge in [0.15, 0.2) is 11.5 Å². The van der Waals surface area contributed by atoms with Crippen molar-refractivity contribution in [2.24, 2.45) is 5.92 Å². The van der Waals surface area contributed by atoms with Gasteiger partial charge in [-0.25, -0.2) is 9.78 Å². The maximum atomic E-state index is 12.7. The molecule has 0 aromatic carbocycles. The molecule has 5 heterocycles. The average Bonchev–Trinajstić information content (AvgIpc) is 3.29. The largest absolute Gasteiger partial charge is 0.444 e. The smallest absolute Gasteiger partial charge is 0.410 e. The molecular formula is C25H31N7O3. The molecule has 2 atom stereocenters. The van der Waals surface area contributed by atoms with Crippen molar-refractivity contribution < 1.29 is 14.3 Å². The van der Waals surface area contributed by atoms with E-state index in [1.165, 1.54) is 0 Å². The molecule has 2 aliphatic heterocycles. The summed E-state index contributed by atoms with van der Waals surface area (Å²) >= 11 is 0. The van der Waals surface area contributed by atoms with Crippen molar-refractivity contribution >= 4 is 29.2 Å². The fourth-order valence-electron chi connectivity index (χ4n) is 4.84. The summed E-state index contributed by atoms with van der Waals surface area (Å²) in [6, 6.07) is 7.24. The van der Waals surface area contributed by atoms with Crippen LogP contribution in [0, 0.1) is 12.8 Å². The van der Waals surface area contributed by atoms with Gasteiger partial charge in [0, 0.05) is 32.0 Å². The predicted molar refractivity (Wildman–Crippen MR) is 132 cm³/mol. The summed E-state index contributed by atoms with van der Waals surface area (Å²) in [5.74, 6) is 0.826. The fourth-order valence-corrected chi connectivity index (χ4v) is 4.84. The van der Waals surface area contributed by atoms with Gasteiger partial charge in [0.1, 0.15) is 11.2 Å². The molecule has 2 amide bonds. The number of aromatic nitrogens is 4. The lowest BCUT2D eigenvalue weighted by atomic mass is 10.0. The number of likely N-dealkylation sites (tertiary alicyclic amines) is 1. The summed E-state index contributed by atoms with van der Waals surface area (Å²) in [4.78, 5) is 33.8. The highest BCUT2D eigenvalue weighted by atomic mass is 16.6. The Morgan fingerprint density at radius 3 is 2.66 bits per heavy atom. The molecule has 3 aromatic heterocycles. The van der Waals surface area contributed by atoms with E-state index in [-0.39, 0.29) is 23.7 Å². The molecule has 2 unspecified atom stereocenters. The number of nitrogens with one attached hydrogen (secondary N) is 1. The van der Waals surface area contributed by atoms with Crippen LogP contribution in [0.5, 0.6) is 0 Å². The third-order valence-corrected chi connectivity index (χ3v) is 6.40. The maximum absolute atomic E-state index is 12.7. The molecule has 10 nitrogen and oxygen atoms in total. The summed E-state index contributed by atoms with van der Waals surface area (Å²) in [7, 11) is 0. The molecule has 2 fully saturated rings. The number of nitrogens with zero attached hydrogens (tertiary/aromatic N) is 6. The van der Waals surface area contributed by atoms with Gasteiger partial charge in [0.05, 0.1) is 17.4 Å². The first-order chi connectivity index (χ1) is 16.6. The first-order valence-electron chi connectivity index (χ1n) is 12.0. The van der Waals surface area contributed by atoms with E-state index in [4.69, 9.17) is 4.74 Å². The van der Waals surface area contributed by atoms with Crippen LogP contribution in [-0.4, -0.2) is 67.8 Å². The number of pyridine rings is 1. The van der Waals surface area contributed by atoms with Gasteiger partial charge in [-0.2, -0.15) is 0 Å². The number of hydrogen-bond acceptors (Lipinski definition) is 7. The lowest BCUT2D eigenvalue weighted by molar-refractivity contribution is 0.0221. The second kappa shape index (κ2) is 8.83. The lowest BCUT2D eigenvalue weighted by Crippen LogP contribution is -2.46. The van der Waals surface area contributed by atoms with Gasteiger partial charge in [0.25, 0.3) is 5.91 Å². The third kappa shape index (κ3) is 5.06. The first-order valence-corrected chi connectivity index (χ1v) is 12.0. The highest BCUT2D eigenvalue weighted by Gasteiger charge is 2.40. The minimum Gasteiger partial charge on any atom is -0.444 e. The van der Waals surface area contributed by atoms with Crippen molar-refractivity contribution in [3.05, 3.63) is 48.0 Å². The molecule has 5 rings (SSSR count). The van der Waals surface area contributed by atoms with Crippen LogP contribution in [-0.2, 0) is 4.74 Å². The van der Waals surface area contributed by atoms with E-state index in [9.17, 15) is 9.59 Å². The van der Waals surface area contributed by atoms with Gasteiger partial charge in [-0.1, -0.05) is 0 Å². The van der Waals surface area contributed by atoms with E-state index in [0.29, 0.717) is 24.0 Å². The average molecular weight is 478 g/mol. The molecule has 35 heavy (non-hydrogen) atoms. The van der Waals surface area contributed by atoms with Gasteiger partial charge >= 0.3 is 6.09 Å². The summed E-state index contributed by atoms with van der Waals surface area (Å²) < 4.78 is 7.49. The van der Waals surface area contributed by atoms with E-state index >= 15 is 0 Å². The van der Waals surface area contributed by atoms with Crippen LogP contribution in [0.15, 0.2) is 36.7 Å². The van der Waals surface area contributed by atoms with E-state index in [0.717, 1.165) is 37.3 Å². The molecule has 0 spiro atoms. The van der Waals surface area contributed by atoms with E-state index in [1.54, 1.807) is 6.07 Å². The third-order valence-electron chi connectivity index (χ3n) is 6.40. The number of hydrogen-bond donors (Lipinski definition) is 1. The number of carbonyl (C=O) groups is 2. The van der Waals surface area contributed by atoms with Crippen LogP contribution >= 0.6 is 0 Å². The number of amides is 2. The summed E-state index contributed by atoms with van der Waals surface area (Å²) in [6.45, 7) is 9.82. The molecule has 2 aliphatic rings. The number of carbonyl (C=O) groups excluding carboxylic acids is 2. The number of aryl methyl sites for hydroxylation is 1. The molecule has 0 saturated carbocycles. The SMILES string of the molecule is Cc1cn2cc(NC(=O)c3ccc(N4CCC5CC(C4)N(C(=O)OC(C)(C)C)C5)nn3)ccc2n1. The Hall–Kier alpha value is -3.69. The molecule has 0 aliphatic carbocycles. The molecule has 2 bridgehead atoms. The van der Waals surface area contributed by atoms with Crippen LogP contribution < -0.4 is 10.2 Å². The number of ether oxygens (including phenoxy) is 1. The van der Waals surface area contributed by atoms with Gasteiger partial charge < -0.3 is 24.3 Å². The van der Waals surface area contributed by atoms with Crippen molar-refractivity contribution in [3.63, 3.8) is 0 Å². The minimum absolute atomic E-state index is 0.0730. The normalized spacial score (nSPS) is 20.1. The molecule has 2 saturated heterocycles. The van der Waals surface area contributed by atoms with Gasteiger partial charge in [0.2, 0.25) is 0 Å². The van der Waals surface area contributed by atoms with E-state index in [2.05, 4.69) is 25.4 Å². The molecule has 3 aromatic rings. The van der Waals surface area contributed by atoms with Crippen LogP contribution in [0.4, 0.5) is 16.3 Å². The van der Waals surface area contributed by atoms with Crippen LogP contribution in [0.25, 0.3) is 5.65 Å². The Kier molecular flexibility index (Phi) is 5.82. The van der Waals surface area contributed by atoms with Gasteiger partial charge in [-0.15, -0.1) is 10.2 Å². The zero-order valence-electron chi connectivity index (χ0n) is 20.6. The van der Waals surface area contributed by atoms with Gasteiger partial charge in [-0.3, -0.25) is 4.79 Å². The highest BCUT2D eigenvalue weighted by molar-refractivity contribution is 6.02. The molecule has 184 valence electrons. The monoisotopic (exact) mass is 477 g/mol. The second-order valence-corrected chi connectivity index (χ2v) is 10.4.